The summed E-state index contributed by atoms with van der Waals surface area (Å²) in [6.45, 7) is 1.22. The molecule has 0 spiro atoms. The molecule has 0 unspecified atom stereocenters. The number of halogens is 1. The summed E-state index contributed by atoms with van der Waals surface area (Å²) in [4.78, 5) is 18.5. The van der Waals surface area contributed by atoms with Gasteiger partial charge in [0.05, 0.1) is 10.9 Å². The zero-order valence-electron chi connectivity index (χ0n) is 16.5. The van der Waals surface area contributed by atoms with Gasteiger partial charge in [0, 0.05) is 31.7 Å². The minimum absolute atomic E-state index is 0. The smallest absolute Gasteiger partial charge is 0.263 e. The van der Waals surface area contributed by atoms with E-state index in [0.717, 1.165) is 17.0 Å². The second-order valence-electron chi connectivity index (χ2n) is 7.06. The van der Waals surface area contributed by atoms with Crippen molar-refractivity contribution in [1.82, 2.24) is 10.3 Å². The molecule has 7 nitrogen and oxygen atoms in total. The van der Waals surface area contributed by atoms with Crippen molar-refractivity contribution in [3.8, 4) is 0 Å². The van der Waals surface area contributed by atoms with Gasteiger partial charge in [-0.25, -0.2) is 13.4 Å². The zero-order chi connectivity index (χ0) is 21.8. The van der Waals surface area contributed by atoms with Crippen LogP contribution in [0.3, 0.4) is 0 Å². The predicted octanol–water partition coefficient (Wildman–Crippen LogP) is 4.03. The van der Waals surface area contributed by atoms with E-state index in [9.17, 15) is 13.2 Å². The monoisotopic (exact) mass is 480 g/mol. The molecule has 0 aliphatic carbocycles. The van der Waals surface area contributed by atoms with E-state index in [1.165, 1.54) is 29.7 Å². The fourth-order valence-corrected chi connectivity index (χ4v) is 5.48. The highest BCUT2D eigenvalue weighted by atomic mass is 35.5. The number of sulfonamides is 1. The Bertz CT molecular complexity index is 1160. The highest BCUT2D eigenvalue weighted by Crippen LogP contribution is 2.25. The predicted molar refractivity (Wildman–Crippen MR) is 128 cm³/mol. The van der Waals surface area contributed by atoms with Crippen molar-refractivity contribution in [2.45, 2.75) is 23.8 Å². The molecule has 1 atom stereocenters. The molecule has 0 bridgehead atoms. The molecule has 0 saturated carbocycles. The fourth-order valence-electron chi connectivity index (χ4n) is 3.46. The Morgan fingerprint density at radius 3 is 2.68 bits per heavy atom. The van der Waals surface area contributed by atoms with Crippen LogP contribution in [0.2, 0.25) is 5.02 Å². The third-order valence-corrected chi connectivity index (χ3v) is 7.60. The first kappa shape index (κ1) is 21.8. The van der Waals surface area contributed by atoms with Gasteiger partial charge >= 0.3 is 0 Å². The summed E-state index contributed by atoms with van der Waals surface area (Å²) in [5.74, 6) is -0.0179. The molecule has 2 N–H and O–H groups in total. The lowest BCUT2D eigenvalue weighted by atomic mass is 10.1. The minimum atomic E-state index is -3.72. The fraction of sp³-hybridized carbons (Fsp3) is 0.238. The van der Waals surface area contributed by atoms with E-state index < -0.39 is 10.0 Å². The summed E-state index contributed by atoms with van der Waals surface area (Å²) in [5.41, 5.74) is 1.72. The number of carbonyl (C=O) groups is 1. The first-order valence-electron chi connectivity index (χ1n) is 9.74. The first-order chi connectivity index (χ1) is 14.9. The number of hydrogen-bond donors (Lipinski definition) is 2. The molecule has 1 aliphatic rings. The van der Waals surface area contributed by atoms with E-state index in [4.69, 9.17) is 11.6 Å². The molecule has 31 heavy (non-hydrogen) atoms. The number of nitrogens with one attached hydrogen (secondary N) is 2. The Balaban J connectivity index is 0.00000193. The van der Waals surface area contributed by atoms with E-state index in [1.807, 2.05) is 24.3 Å². The van der Waals surface area contributed by atoms with Gasteiger partial charge in [-0.1, -0.05) is 29.8 Å². The molecule has 2 aromatic carbocycles. The lowest BCUT2D eigenvalue weighted by Gasteiger charge is -2.18. The molecular weight excluding hydrogens is 456 g/mol. The molecule has 4 rings (SSSR count). The molecule has 2 heterocycles. The number of nitrogens with zero attached hydrogens (tertiary/aromatic N) is 2. The molecule has 1 saturated heterocycles. The zero-order valence-corrected chi connectivity index (χ0v) is 18.9. The normalized spacial score (nSPS) is 16.6. The minimum Gasteiger partial charge on any atom is -0.311 e. The lowest BCUT2D eigenvalue weighted by molar-refractivity contribution is -0.118. The van der Waals surface area contributed by atoms with Crippen molar-refractivity contribution < 1.29 is 16.1 Å². The van der Waals surface area contributed by atoms with Crippen molar-refractivity contribution in [3.63, 3.8) is 0 Å². The highest BCUT2D eigenvalue weighted by Gasteiger charge is 2.32. The Kier molecular flexibility index (Phi) is 6.57. The summed E-state index contributed by atoms with van der Waals surface area (Å²) < 4.78 is 27.4. The lowest BCUT2D eigenvalue weighted by Crippen LogP contribution is -2.39. The van der Waals surface area contributed by atoms with Crippen LogP contribution in [-0.2, 0) is 21.2 Å². The van der Waals surface area contributed by atoms with Gasteiger partial charge in [0.2, 0.25) is 5.91 Å². The van der Waals surface area contributed by atoms with Crippen molar-refractivity contribution in [3.05, 3.63) is 70.7 Å². The van der Waals surface area contributed by atoms with Gasteiger partial charge in [-0.05, 0) is 55.3 Å². The van der Waals surface area contributed by atoms with Crippen LogP contribution in [-0.4, -0.2) is 38.4 Å². The number of rotatable bonds is 8. The Morgan fingerprint density at radius 2 is 1.97 bits per heavy atom. The number of aromatic nitrogens is 1. The van der Waals surface area contributed by atoms with Gasteiger partial charge in [0.25, 0.3) is 10.0 Å². The van der Waals surface area contributed by atoms with E-state index >= 15 is 0 Å². The van der Waals surface area contributed by atoms with E-state index in [2.05, 4.69) is 15.0 Å². The van der Waals surface area contributed by atoms with Crippen LogP contribution in [0, 0.1) is 0 Å². The third-order valence-electron chi connectivity index (χ3n) is 5.06. The summed E-state index contributed by atoms with van der Waals surface area (Å²) in [6, 6.07) is 13.7. The second-order valence-corrected chi connectivity index (χ2v) is 10.0. The van der Waals surface area contributed by atoms with Crippen LogP contribution in [0.1, 0.15) is 14.8 Å². The van der Waals surface area contributed by atoms with Gasteiger partial charge in [-0.3, -0.25) is 9.52 Å². The quantitative estimate of drug-likeness (QED) is 0.508. The molecule has 1 aliphatic heterocycles. The van der Waals surface area contributed by atoms with Gasteiger partial charge in [-0.15, -0.1) is 11.3 Å². The topological polar surface area (TPSA) is 91.4 Å². The molecule has 1 amide bonds. The average molecular weight is 481 g/mol. The van der Waals surface area contributed by atoms with Crippen LogP contribution in [0.25, 0.3) is 0 Å². The molecular formula is C21H25ClN4O3S2. The second kappa shape index (κ2) is 9.35. The van der Waals surface area contributed by atoms with Gasteiger partial charge in [0.15, 0.2) is 5.13 Å². The molecule has 1 fully saturated rings. The molecule has 1 aromatic heterocycles. The summed E-state index contributed by atoms with van der Waals surface area (Å²) in [7, 11) is -3.72. The maximum Gasteiger partial charge on any atom is 0.263 e. The highest BCUT2D eigenvalue weighted by molar-refractivity contribution is 7.93. The van der Waals surface area contributed by atoms with Crippen LogP contribution in [0.4, 0.5) is 10.8 Å². The number of thiazole rings is 1. The van der Waals surface area contributed by atoms with Crippen molar-refractivity contribution in [1.29, 1.82) is 0 Å². The molecule has 10 heteroatoms. The summed E-state index contributed by atoms with van der Waals surface area (Å²) >= 11 is 7.39. The van der Waals surface area contributed by atoms with Gasteiger partial charge in [-0.2, -0.15) is 0 Å². The third kappa shape index (κ3) is 5.07. The van der Waals surface area contributed by atoms with Crippen molar-refractivity contribution in [2.24, 2.45) is 0 Å². The van der Waals surface area contributed by atoms with Gasteiger partial charge in [0.1, 0.15) is 0 Å². The summed E-state index contributed by atoms with van der Waals surface area (Å²) in [6.07, 6.45) is 2.96. The van der Waals surface area contributed by atoms with Crippen LogP contribution < -0.4 is 14.9 Å². The van der Waals surface area contributed by atoms with Crippen molar-refractivity contribution >= 4 is 49.7 Å². The molecule has 3 aromatic rings. The van der Waals surface area contributed by atoms with Gasteiger partial charge < -0.3 is 10.2 Å². The van der Waals surface area contributed by atoms with E-state index in [0.29, 0.717) is 30.3 Å². The first-order valence-corrected chi connectivity index (χ1v) is 12.5. The average Bonchev–Trinajstić information content (AvgIpc) is 3.39. The molecule has 166 valence electrons. The summed E-state index contributed by atoms with van der Waals surface area (Å²) in [5, 5.41) is 6.03. The van der Waals surface area contributed by atoms with E-state index in [1.54, 1.807) is 22.4 Å². The number of benzene rings is 2. The standard InChI is InChI=1S/C21H21ClN4O3S2.2H2/c22-18-4-2-1-3-15(18)9-11-23-19-10-13-26(20(19)27)16-5-7-17(8-6-16)31(28,29)25-21-24-12-14-30-21;;/h1-8,12,14,19,23H,9-11,13H2,(H,24,25);2*1H/t19-;;/m0../s1. The maximum absolute atomic E-state index is 12.8. The number of carbonyl (C=O) groups excluding carboxylic acids is 1. The largest absolute Gasteiger partial charge is 0.311 e. The molecule has 0 radical (unpaired) electrons. The van der Waals surface area contributed by atoms with Crippen LogP contribution in [0.15, 0.2) is 65.0 Å². The SMILES string of the molecule is O=C1[C@@H](NCCc2ccccc2Cl)CCN1c1ccc(S(=O)(=O)Nc2nccs2)cc1.[HH].[HH]. The number of anilines is 2. The Labute approximate surface area is 193 Å². The number of amides is 1. The maximum atomic E-state index is 12.8. The Hall–Kier alpha value is -2.46. The Morgan fingerprint density at radius 1 is 1.19 bits per heavy atom. The number of hydrogen-bond acceptors (Lipinski definition) is 6. The van der Waals surface area contributed by atoms with Crippen LogP contribution >= 0.6 is 22.9 Å². The van der Waals surface area contributed by atoms with E-state index in [-0.39, 0.29) is 19.7 Å². The van der Waals surface area contributed by atoms with Crippen molar-refractivity contribution in [2.75, 3.05) is 22.7 Å². The van der Waals surface area contributed by atoms with Crippen LogP contribution in [0.5, 0.6) is 0 Å².